The van der Waals surface area contributed by atoms with Crippen LogP contribution in [0.15, 0.2) is 36.7 Å². The van der Waals surface area contributed by atoms with Crippen molar-refractivity contribution in [2.75, 3.05) is 6.61 Å². The van der Waals surface area contributed by atoms with Gasteiger partial charge in [0.2, 0.25) is 0 Å². The molecule has 0 bridgehead atoms. The smallest absolute Gasteiger partial charge is 0.124 e. The van der Waals surface area contributed by atoms with E-state index in [0.29, 0.717) is 13.0 Å². The molecule has 0 aliphatic carbocycles. The minimum absolute atomic E-state index is 0.224. The zero-order valence-corrected chi connectivity index (χ0v) is 8.61. The number of hydrogen-bond donors (Lipinski definition) is 1. The van der Waals surface area contributed by atoms with E-state index in [1.807, 2.05) is 0 Å². The van der Waals surface area contributed by atoms with Crippen LogP contribution in [0, 0.1) is 5.82 Å². The number of rotatable bonds is 3. The molecule has 2 heterocycles. The lowest BCUT2D eigenvalue weighted by molar-refractivity contribution is 0.303. The SMILES string of the molecule is Fc1ccc(C2(Cc3ncc[nH]3)CO2)cc1. The standard InChI is InChI=1S/C12H11FN2O/c13-10-3-1-9(2-4-10)12(8-16-12)7-11-14-5-6-15-11/h1-6H,7-8H2,(H,14,15). The maximum Gasteiger partial charge on any atom is 0.124 e. The Morgan fingerprint density at radius 2 is 2.12 bits per heavy atom. The molecule has 1 aromatic heterocycles. The van der Waals surface area contributed by atoms with Crippen LogP contribution < -0.4 is 0 Å². The highest BCUT2D eigenvalue weighted by Gasteiger charge is 2.47. The van der Waals surface area contributed by atoms with Crippen LogP contribution in [0.25, 0.3) is 0 Å². The van der Waals surface area contributed by atoms with E-state index in [4.69, 9.17) is 4.74 Å². The third-order valence-corrected chi connectivity index (χ3v) is 2.87. The van der Waals surface area contributed by atoms with Gasteiger partial charge in [-0.05, 0) is 17.7 Å². The van der Waals surface area contributed by atoms with E-state index < -0.39 is 0 Å². The molecule has 4 heteroatoms. The molecule has 1 N–H and O–H groups in total. The summed E-state index contributed by atoms with van der Waals surface area (Å²) in [5, 5.41) is 0. The molecule has 1 fully saturated rings. The molecule has 82 valence electrons. The van der Waals surface area contributed by atoms with E-state index in [1.165, 1.54) is 12.1 Å². The molecule has 0 amide bonds. The van der Waals surface area contributed by atoms with Crippen molar-refractivity contribution in [2.45, 2.75) is 12.0 Å². The Morgan fingerprint density at radius 3 is 2.69 bits per heavy atom. The lowest BCUT2D eigenvalue weighted by Crippen LogP contribution is -2.13. The quantitative estimate of drug-likeness (QED) is 0.801. The summed E-state index contributed by atoms with van der Waals surface area (Å²) < 4.78 is 18.3. The van der Waals surface area contributed by atoms with Crippen molar-refractivity contribution < 1.29 is 9.13 Å². The van der Waals surface area contributed by atoms with Gasteiger partial charge >= 0.3 is 0 Å². The molecule has 1 unspecified atom stereocenters. The van der Waals surface area contributed by atoms with Gasteiger partial charge < -0.3 is 9.72 Å². The van der Waals surface area contributed by atoms with Gasteiger partial charge in [-0.3, -0.25) is 0 Å². The Bertz CT molecular complexity index is 474. The molecule has 1 atom stereocenters. The summed E-state index contributed by atoms with van der Waals surface area (Å²) in [4.78, 5) is 7.22. The Morgan fingerprint density at radius 1 is 1.38 bits per heavy atom. The van der Waals surface area contributed by atoms with Crippen molar-refractivity contribution in [3.05, 3.63) is 53.9 Å². The van der Waals surface area contributed by atoms with E-state index in [0.717, 1.165) is 11.4 Å². The van der Waals surface area contributed by atoms with E-state index >= 15 is 0 Å². The highest BCUT2D eigenvalue weighted by atomic mass is 19.1. The predicted octanol–water partition coefficient (Wildman–Crippen LogP) is 2.02. The summed E-state index contributed by atoms with van der Waals surface area (Å²) in [5.74, 6) is 0.666. The topological polar surface area (TPSA) is 41.2 Å². The number of nitrogens with one attached hydrogen (secondary N) is 1. The number of ether oxygens (including phenoxy) is 1. The number of aromatic nitrogens is 2. The molecule has 2 aromatic rings. The second-order valence-corrected chi connectivity index (χ2v) is 4.00. The van der Waals surface area contributed by atoms with Crippen molar-refractivity contribution in [2.24, 2.45) is 0 Å². The lowest BCUT2D eigenvalue weighted by Gasteiger charge is -2.10. The monoisotopic (exact) mass is 218 g/mol. The molecule has 1 saturated heterocycles. The number of benzene rings is 1. The van der Waals surface area contributed by atoms with Crippen LogP contribution >= 0.6 is 0 Å². The first kappa shape index (κ1) is 9.54. The van der Waals surface area contributed by atoms with Gasteiger partial charge in [-0.25, -0.2) is 9.37 Å². The van der Waals surface area contributed by atoms with Crippen molar-refractivity contribution in [1.29, 1.82) is 0 Å². The summed E-state index contributed by atoms with van der Waals surface area (Å²) in [7, 11) is 0. The minimum atomic E-state index is -0.300. The molecule has 1 aliphatic rings. The predicted molar refractivity (Wildman–Crippen MR) is 56.3 cm³/mol. The maximum absolute atomic E-state index is 12.8. The Kier molecular flexibility index (Phi) is 2.04. The van der Waals surface area contributed by atoms with E-state index in [2.05, 4.69) is 9.97 Å². The first-order chi connectivity index (χ1) is 7.78. The van der Waals surface area contributed by atoms with Crippen LogP contribution in [0.2, 0.25) is 0 Å². The first-order valence-corrected chi connectivity index (χ1v) is 5.17. The first-order valence-electron chi connectivity index (χ1n) is 5.17. The second-order valence-electron chi connectivity index (χ2n) is 4.00. The van der Waals surface area contributed by atoms with Gasteiger partial charge in [0.05, 0.1) is 6.61 Å². The Hall–Kier alpha value is -1.68. The third-order valence-electron chi connectivity index (χ3n) is 2.87. The molecule has 1 aliphatic heterocycles. The molecule has 16 heavy (non-hydrogen) atoms. The fourth-order valence-corrected chi connectivity index (χ4v) is 1.88. The maximum atomic E-state index is 12.8. The summed E-state index contributed by atoms with van der Waals surface area (Å²) in [5.41, 5.74) is 0.705. The molecule has 0 saturated carbocycles. The number of epoxide rings is 1. The van der Waals surface area contributed by atoms with Gasteiger partial charge in [0.25, 0.3) is 0 Å². The van der Waals surface area contributed by atoms with Crippen molar-refractivity contribution in [1.82, 2.24) is 9.97 Å². The summed E-state index contributed by atoms with van der Waals surface area (Å²) >= 11 is 0. The highest BCUT2D eigenvalue weighted by Crippen LogP contribution is 2.41. The number of aromatic amines is 1. The van der Waals surface area contributed by atoms with Crippen molar-refractivity contribution in [3.8, 4) is 0 Å². The van der Waals surface area contributed by atoms with Gasteiger partial charge in [-0.1, -0.05) is 12.1 Å². The average Bonchev–Trinajstić information content (AvgIpc) is 2.88. The van der Waals surface area contributed by atoms with Crippen LogP contribution in [0.3, 0.4) is 0 Å². The van der Waals surface area contributed by atoms with E-state index in [9.17, 15) is 4.39 Å². The molecule has 3 nitrogen and oxygen atoms in total. The van der Waals surface area contributed by atoms with Gasteiger partial charge in [0.1, 0.15) is 17.2 Å². The number of nitrogens with zero attached hydrogens (tertiary/aromatic N) is 1. The Balaban J connectivity index is 1.86. The largest absolute Gasteiger partial charge is 0.364 e. The molecular weight excluding hydrogens is 207 g/mol. The minimum Gasteiger partial charge on any atom is -0.364 e. The average molecular weight is 218 g/mol. The van der Waals surface area contributed by atoms with Crippen LogP contribution in [-0.4, -0.2) is 16.6 Å². The molecule has 1 aromatic carbocycles. The van der Waals surface area contributed by atoms with E-state index in [1.54, 1.807) is 24.5 Å². The number of halogens is 1. The van der Waals surface area contributed by atoms with Gasteiger partial charge in [-0.15, -0.1) is 0 Å². The van der Waals surface area contributed by atoms with Gasteiger partial charge in [0, 0.05) is 18.8 Å². The fourth-order valence-electron chi connectivity index (χ4n) is 1.88. The van der Waals surface area contributed by atoms with E-state index in [-0.39, 0.29) is 11.4 Å². The molecule has 0 spiro atoms. The summed E-state index contributed by atoms with van der Waals surface area (Å²) in [6.45, 7) is 0.666. The van der Waals surface area contributed by atoms with Crippen LogP contribution in [0.5, 0.6) is 0 Å². The second kappa shape index (κ2) is 3.42. The zero-order chi connectivity index (χ0) is 11.0. The fraction of sp³-hybridized carbons (Fsp3) is 0.250. The van der Waals surface area contributed by atoms with Gasteiger partial charge in [0.15, 0.2) is 0 Å². The van der Waals surface area contributed by atoms with Crippen molar-refractivity contribution in [3.63, 3.8) is 0 Å². The number of H-pyrrole nitrogens is 1. The number of imidazole rings is 1. The molecule has 3 rings (SSSR count). The highest BCUT2D eigenvalue weighted by molar-refractivity contribution is 5.28. The van der Waals surface area contributed by atoms with Gasteiger partial charge in [-0.2, -0.15) is 0 Å². The van der Waals surface area contributed by atoms with Crippen LogP contribution in [0.1, 0.15) is 11.4 Å². The molecule has 0 radical (unpaired) electrons. The van der Waals surface area contributed by atoms with Crippen LogP contribution in [-0.2, 0) is 16.8 Å². The zero-order valence-electron chi connectivity index (χ0n) is 8.61. The number of hydrogen-bond acceptors (Lipinski definition) is 2. The van der Waals surface area contributed by atoms with Crippen molar-refractivity contribution >= 4 is 0 Å². The summed E-state index contributed by atoms with van der Waals surface area (Å²) in [6, 6.07) is 6.46. The normalized spacial score (nSPS) is 23.3. The van der Waals surface area contributed by atoms with Crippen LogP contribution in [0.4, 0.5) is 4.39 Å². The summed E-state index contributed by atoms with van der Waals surface area (Å²) in [6.07, 6.45) is 4.21. The Labute approximate surface area is 92.3 Å². The third kappa shape index (κ3) is 1.61. The lowest BCUT2D eigenvalue weighted by atomic mass is 9.96. The molecular formula is C12H11FN2O.